The summed E-state index contributed by atoms with van der Waals surface area (Å²) in [5, 5.41) is 8.11. The maximum absolute atomic E-state index is 12.4. The van der Waals surface area contributed by atoms with Gasteiger partial charge in [0.05, 0.1) is 12.5 Å². The third-order valence-corrected chi connectivity index (χ3v) is 4.43. The molecule has 104 valence electrons. The summed E-state index contributed by atoms with van der Waals surface area (Å²) in [6, 6.07) is -0.463. The molecule has 7 nitrogen and oxygen atoms in total. The average Bonchev–Trinajstić information content (AvgIpc) is 3.01. The predicted molar refractivity (Wildman–Crippen MR) is 66.1 cm³/mol. The van der Waals surface area contributed by atoms with Gasteiger partial charge in [-0.1, -0.05) is 6.92 Å². The standard InChI is InChI=1S/C12H18N4O3/c1-7-4-13-5-8(7)9(17)16-3-2-12(6-16)10(18)14-11(19)15-12/h7-8,13H,2-6H2,1H3,(H2,14,15,18,19)/t7-,8-,12?/m1/s1. The smallest absolute Gasteiger partial charge is 0.322 e. The lowest BCUT2D eigenvalue weighted by molar-refractivity contribution is -0.135. The van der Waals surface area contributed by atoms with Crippen LogP contribution >= 0.6 is 0 Å². The Bertz CT molecular complexity index is 452. The average molecular weight is 266 g/mol. The highest BCUT2D eigenvalue weighted by Gasteiger charge is 2.52. The Morgan fingerprint density at radius 2 is 2.16 bits per heavy atom. The number of amides is 4. The normalized spacial score (nSPS) is 37.8. The van der Waals surface area contributed by atoms with Gasteiger partial charge in [-0.25, -0.2) is 4.79 Å². The predicted octanol–water partition coefficient (Wildman–Crippen LogP) is -1.35. The largest absolute Gasteiger partial charge is 0.339 e. The maximum Gasteiger partial charge on any atom is 0.322 e. The van der Waals surface area contributed by atoms with Crippen molar-refractivity contribution in [1.82, 2.24) is 20.9 Å². The number of urea groups is 1. The Morgan fingerprint density at radius 1 is 1.37 bits per heavy atom. The van der Waals surface area contributed by atoms with Gasteiger partial charge in [0.25, 0.3) is 5.91 Å². The van der Waals surface area contributed by atoms with Crippen molar-refractivity contribution in [2.24, 2.45) is 11.8 Å². The lowest BCUT2D eigenvalue weighted by Crippen LogP contribution is -2.50. The van der Waals surface area contributed by atoms with E-state index in [9.17, 15) is 14.4 Å². The first-order valence-electron chi connectivity index (χ1n) is 6.65. The van der Waals surface area contributed by atoms with Crippen molar-refractivity contribution in [3.05, 3.63) is 0 Å². The van der Waals surface area contributed by atoms with Crippen LogP contribution in [0, 0.1) is 11.8 Å². The van der Waals surface area contributed by atoms with Crippen LogP contribution in [-0.4, -0.2) is 54.5 Å². The van der Waals surface area contributed by atoms with Crippen LogP contribution < -0.4 is 16.0 Å². The van der Waals surface area contributed by atoms with Gasteiger partial charge in [0.1, 0.15) is 5.54 Å². The Hall–Kier alpha value is -1.63. The van der Waals surface area contributed by atoms with E-state index in [0.29, 0.717) is 25.4 Å². The zero-order chi connectivity index (χ0) is 13.6. The molecule has 0 aromatic rings. The van der Waals surface area contributed by atoms with Crippen LogP contribution in [0.3, 0.4) is 0 Å². The summed E-state index contributed by atoms with van der Waals surface area (Å²) in [5.74, 6) is 0.0695. The number of hydrogen-bond acceptors (Lipinski definition) is 4. The Labute approximate surface area is 111 Å². The monoisotopic (exact) mass is 266 g/mol. The van der Waals surface area contributed by atoms with Gasteiger partial charge in [0.15, 0.2) is 0 Å². The van der Waals surface area contributed by atoms with E-state index < -0.39 is 11.6 Å². The van der Waals surface area contributed by atoms with Crippen LogP contribution in [0.4, 0.5) is 4.79 Å². The van der Waals surface area contributed by atoms with Crippen molar-refractivity contribution < 1.29 is 14.4 Å². The molecule has 0 bridgehead atoms. The highest BCUT2D eigenvalue weighted by atomic mass is 16.2. The number of carbonyl (C=O) groups excluding carboxylic acids is 3. The van der Waals surface area contributed by atoms with E-state index in [1.807, 2.05) is 0 Å². The van der Waals surface area contributed by atoms with E-state index >= 15 is 0 Å². The molecule has 3 atom stereocenters. The molecule has 3 fully saturated rings. The van der Waals surface area contributed by atoms with E-state index in [-0.39, 0.29) is 24.3 Å². The van der Waals surface area contributed by atoms with Crippen LogP contribution in [0.5, 0.6) is 0 Å². The van der Waals surface area contributed by atoms with E-state index in [4.69, 9.17) is 0 Å². The topological polar surface area (TPSA) is 90.5 Å². The number of carbonyl (C=O) groups is 3. The van der Waals surface area contributed by atoms with Gasteiger partial charge < -0.3 is 15.5 Å². The third-order valence-electron chi connectivity index (χ3n) is 4.43. The van der Waals surface area contributed by atoms with E-state index in [1.54, 1.807) is 4.90 Å². The maximum atomic E-state index is 12.4. The van der Waals surface area contributed by atoms with Crippen LogP contribution in [0.15, 0.2) is 0 Å². The van der Waals surface area contributed by atoms with Crippen molar-refractivity contribution in [3.63, 3.8) is 0 Å². The Kier molecular flexibility index (Phi) is 2.74. The van der Waals surface area contributed by atoms with Crippen LogP contribution in [0.25, 0.3) is 0 Å². The summed E-state index contributed by atoms with van der Waals surface area (Å²) in [6.07, 6.45) is 0.491. The molecule has 0 radical (unpaired) electrons. The van der Waals surface area contributed by atoms with Gasteiger partial charge in [-0.2, -0.15) is 0 Å². The molecular weight excluding hydrogens is 248 g/mol. The highest BCUT2D eigenvalue weighted by Crippen LogP contribution is 2.28. The third kappa shape index (κ3) is 1.88. The second-order valence-corrected chi connectivity index (χ2v) is 5.74. The minimum atomic E-state index is -0.901. The van der Waals surface area contributed by atoms with E-state index in [1.165, 1.54) is 0 Å². The molecule has 0 saturated carbocycles. The van der Waals surface area contributed by atoms with Crippen molar-refractivity contribution >= 4 is 17.8 Å². The second kappa shape index (κ2) is 4.19. The molecule has 3 aliphatic rings. The number of imide groups is 1. The van der Waals surface area contributed by atoms with Crippen molar-refractivity contribution in [3.8, 4) is 0 Å². The summed E-state index contributed by atoms with van der Waals surface area (Å²) < 4.78 is 0. The molecule has 3 rings (SSSR count). The molecule has 0 aromatic heterocycles. The summed E-state index contributed by atoms with van der Waals surface area (Å²) >= 11 is 0. The van der Waals surface area contributed by atoms with Gasteiger partial charge in [-0.3, -0.25) is 14.9 Å². The van der Waals surface area contributed by atoms with Gasteiger partial charge in [-0.15, -0.1) is 0 Å². The molecule has 1 spiro atoms. The minimum Gasteiger partial charge on any atom is -0.339 e. The SMILES string of the molecule is C[C@@H]1CNC[C@H]1C(=O)N1CCC2(C1)NC(=O)NC2=O. The Morgan fingerprint density at radius 3 is 2.74 bits per heavy atom. The number of nitrogens with zero attached hydrogens (tertiary/aromatic N) is 1. The van der Waals surface area contributed by atoms with Crippen LogP contribution in [-0.2, 0) is 9.59 Å². The molecule has 1 unspecified atom stereocenters. The first-order valence-corrected chi connectivity index (χ1v) is 6.65. The van der Waals surface area contributed by atoms with Crippen molar-refractivity contribution in [1.29, 1.82) is 0 Å². The van der Waals surface area contributed by atoms with Gasteiger partial charge in [0.2, 0.25) is 5.91 Å². The zero-order valence-electron chi connectivity index (χ0n) is 10.9. The fourth-order valence-corrected chi connectivity index (χ4v) is 3.19. The van der Waals surface area contributed by atoms with Gasteiger partial charge in [0, 0.05) is 13.1 Å². The number of rotatable bonds is 1. The van der Waals surface area contributed by atoms with E-state index in [0.717, 1.165) is 6.54 Å². The lowest BCUT2D eigenvalue weighted by Gasteiger charge is -2.24. The van der Waals surface area contributed by atoms with Crippen LogP contribution in [0.2, 0.25) is 0 Å². The van der Waals surface area contributed by atoms with Crippen molar-refractivity contribution in [2.75, 3.05) is 26.2 Å². The number of nitrogens with one attached hydrogen (secondary N) is 3. The summed E-state index contributed by atoms with van der Waals surface area (Å²) in [5.41, 5.74) is -0.901. The van der Waals surface area contributed by atoms with Gasteiger partial charge in [-0.05, 0) is 18.9 Å². The summed E-state index contributed by atoms with van der Waals surface area (Å²) in [4.78, 5) is 37.2. The Balaban J connectivity index is 1.70. The molecule has 19 heavy (non-hydrogen) atoms. The fourth-order valence-electron chi connectivity index (χ4n) is 3.19. The molecule has 7 heteroatoms. The zero-order valence-corrected chi connectivity index (χ0v) is 10.9. The van der Waals surface area contributed by atoms with Crippen LogP contribution in [0.1, 0.15) is 13.3 Å². The number of likely N-dealkylation sites (tertiary alicyclic amines) is 1. The minimum absolute atomic E-state index is 0.0182. The fraction of sp³-hybridized carbons (Fsp3) is 0.750. The quantitative estimate of drug-likeness (QED) is 0.512. The molecule has 3 N–H and O–H groups in total. The molecule has 3 aliphatic heterocycles. The van der Waals surface area contributed by atoms with Crippen molar-refractivity contribution in [2.45, 2.75) is 18.9 Å². The molecule has 0 aliphatic carbocycles. The molecule has 3 saturated heterocycles. The highest BCUT2D eigenvalue weighted by molar-refractivity contribution is 6.07. The van der Waals surface area contributed by atoms with E-state index in [2.05, 4.69) is 22.9 Å². The van der Waals surface area contributed by atoms with Gasteiger partial charge >= 0.3 is 6.03 Å². The lowest BCUT2D eigenvalue weighted by atomic mass is 9.96. The first-order chi connectivity index (χ1) is 9.02. The molecular formula is C12H18N4O3. The molecule has 4 amide bonds. The summed E-state index contributed by atoms with van der Waals surface area (Å²) in [7, 11) is 0. The first kappa shape index (κ1) is 12.4. The summed E-state index contributed by atoms with van der Waals surface area (Å²) in [6.45, 7) is 4.41. The molecule has 0 aromatic carbocycles. The molecule has 3 heterocycles. The second-order valence-electron chi connectivity index (χ2n) is 5.74. The number of hydrogen-bond donors (Lipinski definition) is 3.